The Morgan fingerprint density at radius 1 is 0.857 bits per heavy atom. The van der Waals surface area contributed by atoms with E-state index in [0.29, 0.717) is 31.4 Å². The molecule has 10 nitrogen and oxygen atoms in total. The van der Waals surface area contributed by atoms with Crippen molar-refractivity contribution in [3.8, 4) is 16.8 Å². The first-order chi connectivity index (χ1) is 23.8. The van der Waals surface area contributed by atoms with Gasteiger partial charge in [0.25, 0.3) is 11.5 Å². The summed E-state index contributed by atoms with van der Waals surface area (Å²) in [5, 5.41) is 4.02. The minimum atomic E-state index is -0.630. The molecule has 49 heavy (non-hydrogen) atoms. The van der Waals surface area contributed by atoms with E-state index in [1.807, 2.05) is 36.3 Å². The molecule has 2 saturated carbocycles. The SMILES string of the molecule is CCCN1CCN(Cc2ccc(-c3cccc(-n4c(=O)n([C@H]5CC[C@@H](N6C(=O)C7(CC7)N6C)CC5)c(=O)c5cc(F)cnc54)c3)cc2)CC1. The number of rotatable bonds is 8. The third-order valence-corrected chi connectivity index (χ3v) is 11.3. The molecule has 4 heterocycles. The van der Waals surface area contributed by atoms with Gasteiger partial charge in [0.15, 0.2) is 5.65 Å². The molecule has 0 atom stereocenters. The maximum atomic E-state index is 14.5. The van der Waals surface area contributed by atoms with Crippen LogP contribution in [0.1, 0.15) is 63.5 Å². The van der Waals surface area contributed by atoms with Crippen LogP contribution in [0.2, 0.25) is 0 Å². The van der Waals surface area contributed by atoms with Crippen LogP contribution in [0.15, 0.2) is 70.4 Å². The van der Waals surface area contributed by atoms with Gasteiger partial charge in [0.2, 0.25) is 0 Å². The first-order valence-corrected chi connectivity index (χ1v) is 17.8. The molecule has 2 aliphatic heterocycles. The van der Waals surface area contributed by atoms with Gasteiger partial charge in [-0.1, -0.05) is 43.3 Å². The number of hydrogen-bond donors (Lipinski definition) is 0. The predicted octanol–water partition coefficient (Wildman–Crippen LogP) is 4.59. The lowest BCUT2D eigenvalue weighted by molar-refractivity contribution is -0.207. The molecule has 8 rings (SSSR count). The minimum absolute atomic E-state index is 0.0524. The van der Waals surface area contributed by atoms with Crippen LogP contribution in [0.3, 0.4) is 0 Å². The highest BCUT2D eigenvalue weighted by Gasteiger charge is 2.66. The summed E-state index contributed by atoms with van der Waals surface area (Å²) in [5.74, 6) is -0.435. The topological polar surface area (TPSA) is 86.9 Å². The van der Waals surface area contributed by atoms with Gasteiger partial charge in [-0.2, -0.15) is 0 Å². The fraction of sp³-hybridized carbons (Fsp3) is 0.474. The smallest absolute Gasteiger partial charge is 0.301 e. The maximum Gasteiger partial charge on any atom is 0.337 e. The van der Waals surface area contributed by atoms with Crippen LogP contribution in [0, 0.1) is 5.82 Å². The van der Waals surface area contributed by atoms with Crippen LogP contribution in [-0.4, -0.2) is 91.2 Å². The molecule has 4 aliphatic rings. The number of amides is 1. The van der Waals surface area contributed by atoms with Crippen molar-refractivity contribution in [1.82, 2.24) is 33.9 Å². The Morgan fingerprint density at radius 3 is 2.22 bits per heavy atom. The van der Waals surface area contributed by atoms with Crippen molar-refractivity contribution in [3.05, 3.63) is 93.0 Å². The number of likely N-dealkylation sites (N-methyl/N-ethyl adjacent to an activating group) is 1. The Bertz CT molecular complexity index is 2000. The minimum Gasteiger partial charge on any atom is -0.301 e. The zero-order chi connectivity index (χ0) is 33.9. The van der Waals surface area contributed by atoms with Gasteiger partial charge >= 0.3 is 5.69 Å². The number of fused-ring (bicyclic) bond motifs is 1. The number of hydrogen-bond acceptors (Lipinski definition) is 7. The van der Waals surface area contributed by atoms with E-state index >= 15 is 0 Å². The van der Waals surface area contributed by atoms with Crippen LogP contribution < -0.4 is 11.2 Å². The van der Waals surface area contributed by atoms with Crippen molar-refractivity contribution in [2.45, 2.75) is 76.0 Å². The van der Waals surface area contributed by atoms with Crippen LogP contribution in [0.4, 0.5) is 4.39 Å². The van der Waals surface area contributed by atoms with Gasteiger partial charge in [-0.15, -0.1) is 0 Å². The summed E-state index contributed by atoms with van der Waals surface area (Å²) in [7, 11) is 1.98. The molecule has 2 aliphatic carbocycles. The monoisotopic (exact) mass is 665 g/mol. The van der Waals surface area contributed by atoms with Crippen molar-refractivity contribution in [3.63, 3.8) is 0 Å². The van der Waals surface area contributed by atoms with Gasteiger partial charge in [0.1, 0.15) is 11.4 Å². The van der Waals surface area contributed by atoms with E-state index in [0.717, 1.165) is 62.9 Å². The molecule has 1 amide bonds. The second kappa shape index (κ2) is 12.6. The summed E-state index contributed by atoms with van der Waals surface area (Å²) in [4.78, 5) is 50.3. The van der Waals surface area contributed by atoms with E-state index in [4.69, 9.17) is 0 Å². The molecular weight excluding hydrogens is 621 g/mol. The number of carbonyl (C=O) groups excluding carboxylic acids is 1. The molecule has 1 spiro atoms. The lowest BCUT2D eigenvalue weighted by Crippen LogP contribution is -2.72. The average molecular weight is 666 g/mol. The lowest BCUT2D eigenvalue weighted by atomic mass is 9.89. The summed E-state index contributed by atoms with van der Waals surface area (Å²) >= 11 is 0. The molecular formula is C38H44FN7O3. The first-order valence-electron chi connectivity index (χ1n) is 17.8. The highest BCUT2D eigenvalue weighted by molar-refractivity contribution is 5.94. The highest BCUT2D eigenvalue weighted by Crippen LogP contribution is 2.52. The van der Waals surface area contributed by atoms with E-state index in [1.165, 1.54) is 33.7 Å². The summed E-state index contributed by atoms with van der Waals surface area (Å²) < 4.78 is 17.3. The molecule has 11 heteroatoms. The standard InChI is InChI=1S/C38H44FN7O3/c1-3-17-42-18-20-43(21-19-42)25-26-7-9-27(10-8-26)28-5-4-6-32(22-28)44-34-33(23-29(39)24-40-34)35(47)45(37(44)49)30-11-13-31(14-12-30)46-36(48)38(15-16-38)41(46)2/h4-10,22-24,30-31H,3,11-21,25H2,1-2H3/t30-,31+. The summed E-state index contributed by atoms with van der Waals surface area (Å²) in [6.45, 7) is 8.68. The third-order valence-electron chi connectivity index (χ3n) is 11.3. The number of carbonyl (C=O) groups is 1. The van der Waals surface area contributed by atoms with Crippen molar-refractivity contribution >= 4 is 16.9 Å². The number of nitrogens with zero attached hydrogens (tertiary/aromatic N) is 7. The van der Waals surface area contributed by atoms with Gasteiger partial charge < -0.3 is 4.90 Å². The molecule has 0 bridgehead atoms. The molecule has 2 saturated heterocycles. The van der Waals surface area contributed by atoms with E-state index < -0.39 is 17.1 Å². The van der Waals surface area contributed by atoms with Gasteiger partial charge in [-0.3, -0.25) is 24.1 Å². The number of aromatic nitrogens is 3. The van der Waals surface area contributed by atoms with Crippen molar-refractivity contribution in [1.29, 1.82) is 0 Å². The molecule has 256 valence electrons. The van der Waals surface area contributed by atoms with Crippen LogP contribution in [0.25, 0.3) is 27.8 Å². The van der Waals surface area contributed by atoms with Crippen LogP contribution in [0.5, 0.6) is 0 Å². The van der Waals surface area contributed by atoms with Gasteiger partial charge in [0.05, 0.1) is 17.3 Å². The largest absolute Gasteiger partial charge is 0.337 e. The molecule has 0 N–H and O–H groups in total. The number of halogens is 1. The Morgan fingerprint density at radius 2 is 1.55 bits per heavy atom. The Labute approximate surface area is 285 Å². The van der Waals surface area contributed by atoms with E-state index in [2.05, 4.69) is 51.0 Å². The van der Waals surface area contributed by atoms with Gasteiger partial charge in [-0.05, 0) is 86.4 Å². The summed E-state index contributed by atoms with van der Waals surface area (Å²) in [6.07, 6.45) is 6.56. The predicted molar refractivity (Wildman–Crippen MR) is 187 cm³/mol. The molecule has 2 aromatic heterocycles. The lowest BCUT2D eigenvalue weighted by Gasteiger charge is -2.53. The number of pyridine rings is 1. The first kappa shape index (κ1) is 32.0. The quantitative estimate of drug-likeness (QED) is 0.272. The number of piperazine rings is 1. The van der Waals surface area contributed by atoms with Crippen molar-refractivity contribution in [2.24, 2.45) is 0 Å². The number of hydrazine groups is 1. The third kappa shape index (κ3) is 5.61. The Hall–Kier alpha value is -4.19. The second-order valence-corrected chi connectivity index (χ2v) is 14.4. The Kier molecular flexibility index (Phi) is 8.24. The van der Waals surface area contributed by atoms with E-state index in [1.54, 1.807) is 0 Å². The summed E-state index contributed by atoms with van der Waals surface area (Å²) in [6, 6.07) is 17.1. The highest BCUT2D eigenvalue weighted by atomic mass is 19.1. The molecule has 0 unspecified atom stereocenters. The van der Waals surface area contributed by atoms with Crippen molar-refractivity contribution in [2.75, 3.05) is 39.8 Å². The van der Waals surface area contributed by atoms with Crippen molar-refractivity contribution < 1.29 is 9.18 Å². The van der Waals surface area contributed by atoms with Crippen LogP contribution in [-0.2, 0) is 11.3 Å². The zero-order valence-electron chi connectivity index (χ0n) is 28.4. The van der Waals surface area contributed by atoms with Gasteiger partial charge in [-0.25, -0.2) is 23.7 Å². The fourth-order valence-corrected chi connectivity index (χ4v) is 8.39. The van der Waals surface area contributed by atoms with Gasteiger partial charge in [0, 0.05) is 51.9 Å². The average Bonchev–Trinajstić information content (AvgIpc) is 3.95. The van der Waals surface area contributed by atoms with E-state index in [-0.39, 0.29) is 34.6 Å². The molecule has 2 aromatic carbocycles. The van der Waals surface area contributed by atoms with E-state index in [9.17, 15) is 18.8 Å². The zero-order valence-corrected chi connectivity index (χ0v) is 28.4. The summed E-state index contributed by atoms with van der Waals surface area (Å²) in [5.41, 5.74) is 2.60. The fourth-order valence-electron chi connectivity index (χ4n) is 8.39. The second-order valence-electron chi connectivity index (χ2n) is 14.4. The normalized spacial score (nSPS) is 22.9. The molecule has 4 fully saturated rings. The molecule has 0 radical (unpaired) electrons. The van der Waals surface area contributed by atoms with Crippen LogP contribution >= 0.6 is 0 Å². The Balaban J connectivity index is 1.06. The molecule has 4 aromatic rings. The number of benzene rings is 2. The maximum absolute atomic E-state index is 14.5.